The predicted molar refractivity (Wildman–Crippen MR) is 118 cm³/mol. The van der Waals surface area contributed by atoms with E-state index in [4.69, 9.17) is 0 Å². The van der Waals surface area contributed by atoms with Crippen LogP contribution in [0.2, 0.25) is 0 Å². The Labute approximate surface area is 191 Å². The first-order chi connectivity index (χ1) is 15.6. The van der Waals surface area contributed by atoms with Crippen molar-refractivity contribution in [2.24, 2.45) is 0 Å². The average Bonchev–Trinajstić information content (AvgIpc) is 3.45. The molecule has 2 aliphatic rings. The highest BCUT2D eigenvalue weighted by Gasteiger charge is 2.32. The van der Waals surface area contributed by atoms with E-state index in [1.54, 1.807) is 0 Å². The van der Waals surface area contributed by atoms with Gasteiger partial charge < -0.3 is 9.80 Å². The molecule has 1 unspecified atom stereocenters. The third-order valence-corrected chi connectivity index (χ3v) is 7.56. The molecule has 2 fully saturated rings. The van der Waals surface area contributed by atoms with Gasteiger partial charge in [-0.25, -0.2) is 8.42 Å². The van der Waals surface area contributed by atoms with Crippen LogP contribution in [0.5, 0.6) is 0 Å². The fraction of sp³-hybridized carbons (Fsp3) is 0.435. The van der Waals surface area contributed by atoms with E-state index < -0.39 is 21.8 Å². The summed E-state index contributed by atoms with van der Waals surface area (Å²) in [6, 6.07) is 9.65. The topological polar surface area (TPSA) is 69.7 Å². The van der Waals surface area contributed by atoms with E-state index in [9.17, 15) is 26.4 Å². The second-order valence-corrected chi connectivity index (χ2v) is 10.2. The Kier molecular flexibility index (Phi) is 6.67. The lowest BCUT2D eigenvalue weighted by atomic mass is 10.1. The molecule has 0 saturated carbocycles. The number of nitrogens with zero attached hydrogens (tertiary/aromatic N) is 2. The van der Waals surface area contributed by atoms with Crippen LogP contribution in [0, 0.1) is 0 Å². The first-order valence-corrected chi connectivity index (χ1v) is 12.5. The lowest BCUT2D eigenvalue weighted by molar-refractivity contribution is -0.137. The molecule has 10 heteroatoms. The molecule has 0 bridgehead atoms. The Balaban J connectivity index is 1.45. The minimum Gasteiger partial charge on any atom is -0.334 e. The molecule has 0 spiro atoms. The second kappa shape index (κ2) is 9.34. The lowest BCUT2D eigenvalue weighted by Crippen LogP contribution is -2.42. The maximum absolute atomic E-state index is 13.1. The molecule has 0 aromatic heterocycles. The van der Waals surface area contributed by atoms with Gasteiger partial charge in [0.15, 0.2) is 0 Å². The maximum Gasteiger partial charge on any atom is 0.416 e. The van der Waals surface area contributed by atoms with Gasteiger partial charge in [-0.15, -0.1) is 0 Å². The molecule has 2 heterocycles. The highest BCUT2D eigenvalue weighted by Crippen LogP contribution is 2.31. The molecule has 2 aromatic rings. The number of rotatable bonds is 6. The van der Waals surface area contributed by atoms with Gasteiger partial charge in [-0.3, -0.25) is 9.52 Å². The van der Waals surface area contributed by atoms with Crippen LogP contribution in [0.3, 0.4) is 0 Å². The summed E-state index contributed by atoms with van der Waals surface area (Å²) in [6.45, 7) is 3.65. The molecule has 1 atom stereocenters. The molecule has 0 aliphatic carbocycles. The first-order valence-electron chi connectivity index (χ1n) is 11.0. The summed E-state index contributed by atoms with van der Waals surface area (Å²) in [7, 11) is -4.11. The molecule has 4 rings (SSSR count). The number of hydrogen-bond acceptors (Lipinski definition) is 4. The van der Waals surface area contributed by atoms with Crippen LogP contribution in [-0.4, -0.2) is 56.3 Å². The summed E-state index contributed by atoms with van der Waals surface area (Å²) in [5, 5.41) is 0. The van der Waals surface area contributed by atoms with Crippen LogP contribution in [0.1, 0.15) is 41.6 Å². The second-order valence-electron chi connectivity index (χ2n) is 8.51. The number of alkyl halides is 3. The van der Waals surface area contributed by atoms with E-state index in [-0.39, 0.29) is 22.5 Å². The number of benzene rings is 2. The van der Waals surface area contributed by atoms with Gasteiger partial charge in [-0.1, -0.05) is 6.07 Å². The van der Waals surface area contributed by atoms with Crippen molar-refractivity contribution < 1.29 is 26.4 Å². The number of halogens is 3. The van der Waals surface area contributed by atoms with E-state index in [1.165, 1.54) is 43.2 Å². The standard InChI is InChI=1S/C23H26F3N3O3S/c24-23(25,26)18-5-3-6-19(15-18)27-33(31,32)21-10-8-17(9-11-21)22(30)29-14-4-7-20(29)16-28-12-1-2-13-28/h3,5-6,8-11,15,20,27H,1-2,4,7,12-14,16H2. The Morgan fingerprint density at radius 2 is 1.70 bits per heavy atom. The Bertz CT molecular complexity index is 1100. The zero-order valence-corrected chi connectivity index (χ0v) is 18.8. The maximum atomic E-state index is 13.1. The van der Waals surface area contributed by atoms with Gasteiger partial charge in [-0.05, 0) is 81.2 Å². The number of hydrogen-bond donors (Lipinski definition) is 1. The Morgan fingerprint density at radius 1 is 1.00 bits per heavy atom. The number of amides is 1. The number of likely N-dealkylation sites (tertiary alicyclic amines) is 2. The van der Waals surface area contributed by atoms with Gasteiger partial charge in [0.25, 0.3) is 15.9 Å². The van der Waals surface area contributed by atoms with Crippen molar-refractivity contribution in [3.8, 4) is 0 Å². The highest BCUT2D eigenvalue weighted by atomic mass is 32.2. The molecular weight excluding hydrogens is 455 g/mol. The van der Waals surface area contributed by atoms with Crippen LogP contribution < -0.4 is 4.72 Å². The normalized spacial score (nSPS) is 19.7. The first kappa shape index (κ1) is 23.6. The SMILES string of the molecule is O=C(c1ccc(S(=O)(=O)Nc2cccc(C(F)(F)F)c2)cc1)N1CCCC1CN1CCCC1. The molecule has 178 valence electrons. The van der Waals surface area contributed by atoms with Gasteiger partial charge in [-0.2, -0.15) is 13.2 Å². The van der Waals surface area contributed by atoms with Crippen LogP contribution in [-0.2, 0) is 16.2 Å². The fourth-order valence-corrected chi connectivity index (χ4v) is 5.52. The molecule has 33 heavy (non-hydrogen) atoms. The van der Waals surface area contributed by atoms with Crippen molar-refractivity contribution in [2.75, 3.05) is 30.9 Å². The zero-order chi connectivity index (χ0) is 23.6. The van der Waals surface area contributed by atoms with E-state index >= 15 is 0 Å². The number of nitrogens with one attached hydrogen (secondary N) is 1. The summed E-state index contributed by atoms with van der Waals surface area (Å²) >= 11 is 0. The van der Waals surface area contributed by atoms with Crippen molar-refractivity contribution in [3.63, 3.8) is 0 Å². The van der Waals surface area contributed by atoms with Crippen molar-refractivity contribution >= 4 is 21.6 Å². The Morgan fingerprint density at radius 3 is 2.36 bits per heavy atom. The van der Waals surface area contributed by atoms with Crippen molar-refractivity contribution in [1.29, 1.82) is 0 Å². The lowest BCUT2D eigenvalue weighted by Gasteiger charge is -2.28. The summed E-state index contributed by atoms with van der Waals surface area (Å²) in [4.78, 5) is 17.2. The summed E-state index contributed by atoms with van der Waals surface area (Å²) in [6.07, 6.45) is -0.310. The van der Waals surface area contributed by atoms with E-state index in [1.807, 2.05) is 4.90 Å². The van der Waals surface area contributed by atoms with E-state index in [0.717, 1.165) is 50.7 Å². The van der Waals surface area contributed by atoms with Crippen LogP contribution >= 0.6 is 0 Å². The fourth-order valence-electron chi connectivity index (χ4n) is 4.47. The van der Waals surface area contributed by atoms with Crippen LogP contribution in [0.15, 0.2) is 53.4 Å². The van der Waals surface area contributed by atoms with E-state index in [0.29, 0.717) is 12.1 Å². The summed E-state index contributed by atoms with van der Waals surface area (Å²) < 4.78 is 66.2. The monoisotopic (exact) mass is 481 g/mol. The largest absolute Gasteiger partial charge is 0.416 e. The molecular formula is C23H26F3N3O3S. The van der Waals surface area contributed by atoms with Gasteiger partial charge >= 0.3 is 6.18 Å². The minimum absolute atomic E-state index is 0.133. The third kappa shape index (κ3) is 5.50. The van der Waals surface area contributed by atoms with Crippen molar-refractivity contribution in [1.82, 2.24) is 9.80 Å². The number of carbonyl (C=O) groups is 1. The average molecular weight is 482 g/mol. The Hall–Kier alpha value is -2.59. The quantitative estimate of drug-likeness (QED) is 0.671. The van der Waals surface area contributed by atoms with Crippen molar-refractivity contribution in [3.05, 3.63) is 59.7 Å². The van der Waals surface area contributed by atoms with Gasteiger partial charge in [0.2, 0.25) is 0 Å². The van der Waals surface area contributed by atoms with Crippen LogP contribution in [0.4, 0.5) is 18.9 Å². The minimum atomic E-state index is -4.58. The number of carbonyl (C=O) groups excluding carboxylic acids is 1. The third-order valence-electron chi connectivity index (χ3n) is 6.16. The smallest absolute Gasteiger partial charge is 0.334 e. The van der Waals surface area contributed by atoms with Crippen molar-refractivity contribution in [2.45, 2.75) is 42.8 Å². The molecule has 1 N–H and O–H groups in total. The van der Waals surface area contributed by atoms with Gasteiger partial charge in [0, 0.05) is 30.4 Å². The van der Waals surface area contributed by atoms with Gasteiger partial charge in [0.1, 0.15) is 0 Å². The number of anilines is 1. The number of sulfonamides is 1. The molecule has 2 aliphatic heterocycles. The van der Waals surface area contributed by atoms with Gasteiger partial charge in [0.05, 0.1) is 10.5 Å². The molecule has 0 radical (unpaired) electrons. The summed E-state index contributed by atoms with van der Waals surface area (Å²) in [5.41, 5.74) is -0.745. The predicted octanol–water partition coefficient (Wildman–Crippen LogP) is 4.21. The molecule has 2 saturated heterocycles. The van der Waals surface area contributed by atoms with E-state index in [2.05, 4.69) is 9.62 Å². The van der Waals surface area contributed by atoms with Crippen LogP contribution in [0.25, 0.3) is 0 Å². The molecule has 2 aromatic carbocycles. The molecule has 6 nitrogen and oxygen atoms in total. The summed E-state index contributed by atoms with van der Waals surface area (Å²) in [5.74, 6) is -0.133. The zero-order valence-electron chi connectivity index (χ0n) is 18.0. The molecule has 1 amide bonds. The highest BCUT2D eigenvalue weighted by molar-refractivity contribution is 7.92.